The van der Waals surface area contributed by atoms with E-state index in [1.54, 1.807) is 0 Å². The Hall–Kier alpha value is -7.24. The maximum absolute atomic E-state index is 5.61. The molecule has 5 heterocycles. The Morgan fingerprint density at radius 1 is 0.340 bits per heavy atom. The van der Waals surface area contributed by atoms with E-state index in [-0.39, 0.29) is 0 Å². The van der Waals surface area contributed by atoms with Crippen LogP contribution in [0, 0.1) is 0 Å². The lowest BCUT2D eigenvalue weighted by atomic mass is 10.00. The van der Waals surface area contributed by atoms with Gasteiger partial charge in [0.15, 0.2) is 5.82 Å². The second-order valence-electron chi connectivity index (χ2n) is 14.2. The smallest absolute Gasteiger partial charge is 0.237 e. The Balaban J connectivity index is 1.26. The van der Waals surface area contributed by atoms with Gasteiger partial charge < -0.3 is 4.40 Å². The maximum atomic E-state index is 5.61. The molecule has 0 fully saturated rings. The van der Waals surface area contributed by atoms with Crippen LogP contribution in [0.5, 0.6) is 0 Å². The molecule has 0 saturated heterocycles. The second kappa shape index (κ2) is 9.75. The first-order valence-corrected chi connectivity index (χ1v) is 18.1. The Morgan fingerprint density at radius 2 is 0.906 bits per heavy atom. The van der Waals surface area contributed by atoms with Crippen LogP contribution in [0.4, 0.5) is 0 Å². The Labute approximate surface area is 301 Å². The van der Waals surface area contributed by atoms with Gasteiger partial charge in [0.25, 0.3) is 0 Å². The number of benzene rings is 8. The number of fused-ring (bicyclic) bond motifs is 16. The van der Waals surface area contributed by atoms with Gasteiger partial charge in [-0.2, -0.15) is 4.98 Å². The molecule has 0 aliphatic rings. The van der Waals surface area contributed by atoms with Crippen LogP contribution < -0.4 is 0 Å². The van der Waals surface area contributed by atoms with E-state index >= 15 is 0 Å². The highest BCUT2D eigenvalue weighted by atomic mass is 15.2. The average molecular weight is 674 g/mol. The fourth-order valence-electron chi connectivity index (χ4n) is 9.45. The molecule has 0 amide bonds. The number of para-hydroxylation sites is 5. The lowest BCUT2D eigenvalue weighted by molar-refractivity contribution is 0.973. The molecule has 244 valence electrons. The summed E-state index contributed by atoms with van der Waals surface area (Å²) < 4.78 is 7.14. The van der Waals surface area contributed by atoms with Crippen molar-refractivity contribution >= 4 is 103 Å². The minimum Gasteiger partial charge on any atom is -0.308 e. The summed E-state index contributed by atoms with van der Waals surface area (Å²) >= 11 is 0. The predicted molar refractivity (Wildman–Crippen MR) is 220 cm³/mol. The molecule has 0 N–H and O–H groups in total. The molecule has 0 aliphatic heterocycles. The third-order valence-corrected chi connectivity index (χ3v) is 11.5. The monoisotopic (exact) mass is 673 g/mol. The van der Waals surface area contributed by atoms with Gasteiger partial charge in [0, 0.05) is 48.5 Å². The Morgan fingerprint density at radius 3 is 1.64 bits per heavy atom. The van der Waals surface area contributed by atoms with E-state index < -0.39 is 0 Å². The molecule has 13 rings (SSSR count). The van der Waals surface area contributed by atoms with E-state index in [9.17, 15) is 0 Å². The zero-order chi connectivity index (χ0) is 34.4. The molecule has 0 unspecified atom stereocenters. The van der Waals surface area contributed by atoms with Crippen molar-refractivity contribution in [1.29, 1.82) is 0 Å². The normalized spacial score (nSPS) is 12.5. The molecule has 5 nitrogen and oxygen atoms in total. The van der Waals surface area contributed by atoms with Gasteiger partial charge in [0.1, 0.15) is 0 Å². The number of rotatable bonds is 2. The van der Waals surface area contributed by atoms with Crippen molar-refractivity contribution in [3.05, 3.63) is 164 Å². The fourth-order valence-corrected chi connectivity index (χ4v) is 9.45. The zero-order valence-electron chi connectivity index (χ0n) is 28.3. The first kappa shape index (κ1) is 27.5. The lowest BCUT2D eigenvalue weighted by Gasteiger charge is -2.14. The summed E-state index contributed by atoms with van der Waals surface area (Å²) in [5.74, 6) is 1.52. The molecule has 5 aromatic heterocycles. The molecule has 13 aromatic rings. The van der Waals surface area contributed by atoms with Gasteiger partial charge in [0.2, 0.25) is 5.95 Å². The number of hydrogen-bond acceptors (Lipinski definition) is 2. The van der Waals surface area contributed by atoms with Crippen molar-refractivity contribution in [2.75, 3.05) is 0 Å². The SMILES string of the molecule is c1ccc2c(c1)ccc1c2c2cc3c4ccccc4n(-c4nc(-n5c6ccccc6c6ccccc65)nc5ccccc45)c3c3c4ccccc4n1c23. The van der Waals surface area contributed by atoms with Crippen LogP contribution in [0.3, 0.4) is 0 Å². The number of aromatic nitrogens is 5. The van der Waals surface area contributed by atoms with E-state index in [1.165, 1.54) is 70.4 Å². The zero-order valence-corrected chi connectivity index (χ0v) is 28.3. The van der Waals surface area contributed by atoms with Crippen LogP contribution in [-0.4, -0.2) is 23.5 Å². The van der Waals surface area contributed by atoms with Crippen LogP contribution in [-0.2, 0) is 0 Å². The second-order valence-corrected chi connectivity index (χ2v) is 14.2. The van der Waals surface area contributed by atoms with E-state index in [2.05, 4.69) is 177 Å². The quantitative estimate of drug-likeness (QED) is 0.183. The van der Waals surface area contributed by atoms with E-state index in [0.29, 0.717) is 5.95 Å². The van der Waals surface area contributed by atoms with Crippen molar-refractivity contribution in [2.24, 2.45) is 0 Å². The fraction of sp³-hybridized carbons (Fsp3) is 0. The predicted octanol–water partition coefficient (Wildman–Crippen LogP) is 12.1. The van der Waals surface area contributed by atoms with E-state index in [0.717, 1.165) is 38.8 Å². The maximum Gasteiger partial charge on any atom is 0.237 e. The highest BCUT2D eigenvalue weighted by Crippen LogP contribution is 2.48. The summed E-state index contributed by atoms with van der Waals surface area (Å²) in [6.45, 7) is 0. The third kappa shape index (κ3) is 3.37. The highest BCUT2D eigenvalue weighted by molar-refractivity contribution is 6.36. The molecule has 0 aliphatic carbocycles. The number of hydrogen-bond donors (Lipinski definition) is 0. The summed E-state index contributed by atoms with van der Waals surface area (Å²) in [5, 5.41) is 13.4. The molecule has 0 bridgehead atoms. The molecule has 0 saturated carbocycles. The van der Waals surface area contributed by atoms with E-state index in [1.807, 2.05) is 0 Å². The van der Waals surface area contributed by atoms with Gasteiger partial charge in [-0.05, 0) is 59.3 Å². The van der Waals surface area contributed by atoms with Crippen molar-refractivity contribution in [3.63, 3.8) is 0 Å². The van der Waals surface area contributed by atoms with Crippen molar-refractivity contribution < 1.29 is 0 Å². The Bertz CT molecular complexity index is 3640. The van der Waals surface area contributed by atoms with Gasteiger partial charge in [-0.15, -0.1) is 0 Å². The van der Waals surface area contributed by atoms with Gasteiger partial charge in [-0.1, -0.05) is 115 Å². The van der Waals surface area contributed by atoms with Gasteiger partial charge in [-0.3, -0.25) is 9.13 Å². The molecule has 8 aromatic carbocycles. The number of nitrogens with zero attached hydrogens (tertiary/aromatic N) is 5. The molecule has 0 radical (unpaired) electrons. The standard InChI is InChI=1S/C48H27N5/c1-2-14-29-28(13-1)25-26-42-43(29)36-27-35-32-17-6-11-23-40(32)53(45(35)44-34-19-7-12-24-41(34)51(42)46(36)44)47-33-18-3-8-20-37(33)49-48(50-47)52-38-21-9-4-15-30(38)31-16-5-10-22-39(31)52/h1-27H. The largest absolute Gasteiger partial charge is 0.308 e. The Kier molecular flexibility index (Phi) is 5.06. The summed E-state index contributed by atoms with van der Waals surface area (Å²) in [5.41, 5.74) is 9.04. The average Bonchev–Trinajstić information content (AvgIpc) is 3.94. The summed E-state index contributed by atoms with van der Waals surface area (Å²) in [6, 6.07) is 59.0. The molecule has 0 spiro atoms. The summed E-state index contributed by atoms with van der Waals surface area (Å²) in [7, 11) is 0. The molecule has 53 heavy (non-hydrogen) atoms. The minimum absolute atomic E-state index is 0.653. The molecular weight excluding hydrogens is 647 g/mol. The van der Waals surface area contributed by atoms with Gasteiger partial charge in [-0.25, -0.2) is 4.98 Å². The lowest BCUT2D eigenvalue weighted by Crippen LogP contribution is -2.07. The minimum atomic E-state index is 0.653. The van der Waals surface area contributed by atoms with Gasteiger partial charge in [0.05, 0.1) is 44.1 Å². The molecule has 0 atom stereocenters. The molecule has 5 heteroatoms. The van der Waals surface area contributed by atoms with Gasteiger partial charge >= 0.3 is 0 Å². The first-order chi connectivity index (χ1) is 26.3. The van der Waals surface area contributed by atoms with Crippen molar-refractivity contribution in [3.8, 4) is 11.8 Å². The van der Waals surface area contributed by atoms with Crippen molar-refractivity contribution in [2.45, 2.75) is 0 Å². The molecular formula is C48H27N5. The topological polar surface area (TPSA) is 40.0 Å². The van der Waals surface area contributed by atoms with Crippen molar-refractivity contribution in [1.82, 2.24) is 23.5 Å². The van der Waals surface area contributed by atoms with Crippen LogP contribution in [0.2, 0.25) is 0 Å². The first-order valence-electron chi connectivity index (χ1n) is 18.1. The summed E-state index contributed by atoms with van der Waals surface area (Å²) in [4.78, 5) is 10.9. The van der Waals surface area contributed by atoms with Crippen LogP contribution >= 0.6 is 0 Å². The van der Waals surface area contributed by atoms with Crippen LogP contribution in [0.15, 0.2) is 164 Å². The van der Waals surface area contributed by atoms with Crippen LogP contribution in [0.1, 0.15) is 0 Å². The third-order valence-electron chi connectivity index (χ3n) is 11.5. The summed E-state index contributed by atoms with van der Waals surface area (Å²) in [6.07, 6.45) is 0. The van der Waals surface area contributed by atoms with E-state index in [4.69, 9.17) is 9.97 Å². The van der Waals surface area contributed by atoms with Crippen LogP contribution in [0.25, 0.3) is 115 Å². The highest BCUT2D eigenvalue weighted by Gasteiger charge is 2.26.